The number of amides is 1. The Morgan fingerprint density at radius 3 is 2.00 bits per heavy atom. The summed E-state index contributed by atoms with van der Waals surface area (Å²) in [4.78, 5) is 23.5. The Kier molecular flexibility index (Phi) is 3.48. The van der Waals surface area contributed by atoms with Gasteiger partial charge in [0.25, 0.3) is 0 Å². The standard InChI is InChI=1S/C13H17NO2/c1-13(2,3)11(15)10(12(14)16)9-7-5-4-6-8-9/h4-8,10H,1-3H3,(H2,14,16). The summed E-state index contributed by atoms with van der Waals surface area (Å²) in [6, 6.07) is 8.92. The van der Waals surface area contributed by atoms with Crippen molar-refractivity contribution in [1.82, 2.24) is 0 Å². The van der Waals surface area contributed by atoms with Crippen molar-refractivity contribution in [2.45, 2.75) is 26.7 Å². The Bertz CT molecular complexity index is 390. The van der Waals surface area contributed by atoms with Crippen molar-refractivity contribution >= 4 is 11.7 Å². The van der Waals surface area contributed by atoms with E-state index in [4.69, 9.17) is 5.73 Å². The first-order valence-corrected chi connectivity index (χ1v) is 5.22. The van der Waals surface area contributed by atoms with E-state index in [0.29, 0.717) is 5.56 Å². The second-order valence-electron chi connectivity index (χ2n) is 4.86. The van der Waals surface area contributed by atoms with Crippen LogP contribution in [-0.4, -0.2) is 11.7 Å². The minimum atomic E-state index is -0.846. The molecule has 1 amide bonds. The normalized spacial score (nSPS) is 13.2. The number of carbonyl (C=O) groups excluding carboxylic acids is 2. The maximum atomic E-state index is 12.1. The fourth-order valence-corrected chi connectivity index (χ4v) is 1.52. The average molecular weight is 219 g/mol. The van der Waals surface area contributed by atoms with E-state index in [1.54, 1.807) is 45.0 Å². The van der Waals surface area contributed by atoms with Crippen LogP contribution in [0.2, 0.25) is 0 Å². The maximum Gasteiger partial charge on any atom is 0.232 e. The van der Waals surface area contributed by atoms with Crippen molar-refractivity contribution in [2.75, 3.05) is 0 Å². The van der Waals surface area contributed by atoms with Crippen molar-refractivity contribution in [3.63, 3.8) is 0 Å². The SMILES string of the molecule is CC(C)(C)C(=O)C(C(N)=O)c1ccccc1. The average Bonchev–Trinajstić information content (AvgIpc) is 2.17. The van der Waals surface area contributed by atoms with E-state index < -0.39 is 17.2 Å². The molecule has 0 aromatic heterocycles. The van der Waals surface area contributed by atoms with E-state index in [1.807, 2.05) is 6.07 Å². The van der Waals surface area contributed by atoms with Gasteiger partial charge in [0.15, 0.2) is 5.78 Å². The van der Waals surface area contributed by atoms with Crippen LogP contribution in [0.1, 0.15) is 32.3 Å². The molecule has 2 N–H and O–H groups in total. The van der Waals surface area contributed by atoms with Crippen LogP contribution in [0.15, 0.2) is 30.3 Å². The highest BCUT2D eigenvalue weighted by Crippen LogP contribution is 2.27. The number of hydrogen-bond acceptors (Lipinski definition) is 2. The zero-order valence-electron chi connectivity index (χ0n) is 9.86. The fourth-order valence-electron chi connectivity index (χ4n) is 1.52. The molecule has 0 aliphatic carbocycles. The van der Waals surface area contributed by atoms with Gasteiger partial charge >= 0.3 is 0 Å². The van der Waals surface area contributed by atoms with Gasteiger partial charge in [-0.3, -0.25) is 9.59 Å². The Balaban J connectivity index is 3.12. The minimum absolute atomic E-state index is 0.147. The maximum absolute atomic E-state index is 12.1. The lowest BCUT2D eigenvalue weighted by Crippen LogP contribution is -2.35. The van der Waals surface area contributed by atoms with Crippen molar-refractivity contribution in [3.05, 3.63) is 35.9 Å². The number of hydrogen-bond donors (Lipinski definition) is 1. The summed E-state index contributed by atoms with van der Waals surface area (Å²) in [6.45, 7) is 5.36. The summed E-state index contributed by atoms with van der Waals surface area (Å²) in [5.41, 5.74) is 5.39. The first kappa shape index (κ1) is 12.4. The highest BCUT2D eigenvalue weighted by Gasteiger charge is 2.34. The molecule has 0 aliphatic heterocycles. The van der Waals surface area contributed by atoms with E-state index in [9.17, 15) is 9.59 Å². The second-order valence-corrected chi connectivity index (χ2v) is 4.86. The molecule has 0 fully saturated rings. The fraction of sp³-hybridized carbons (Fsp3) is 0.385. The molecule has 1 atom stereocenters. The molecule has 3 heteroatoms. The lowest BCUT2D eigenvalue weighted by Gasteiger charge is -2.22. The van der Waals surface area contributed by atoms with E-state index in [-0.39, 0.29) is 5.78 Å². The molecule has 1 aromatic carbocycles. The Morgan fingerprint density at radius 1 is 1.12 bits per heavy atom. The summed E-state index contributed by atoms with van der Waals surface area (Å²) in [6.07, 6.45) is 0. The number of primary amides is 1. The third-order valence-corrected chi connectivity index (χ3v) is 2.42. The van der Waals surface area contributed by atoms with Gasteiger partial charge in [-0.25, -0.2) is 0 Å². The third-order valence-electron chi connectivity index (χ3n) is 2.42. The molecule has 0 heterocycles. The lowest BCUT2D eigenvalue weighted by atomic mass is 9.79. The molecule has 16 heavy (non-hydrogen) atoms. The molecule has 1 unspecified atom stereocenters. The predicted molar refractivity (Wildman–Crippen MR) is 62.8 cm³/mol. The van der Waals surface area contributed by atoms with Gasteiger partial charge in [-0.15, -0.1) is 0 Å². The van der Waals surface area contributed by atoms with Crippen molar-refractivity contribution < 1.29 is 9.59 Å². The van der Waals surface area contributed by atoms with Gasteiger partial charge in [-0.2, -0.15) is 0 Å². The zero-order chi connectivity index (χ0) is 12.3. The summed E-state index contributed by atoms with van der Waals surface area (Å²) in [5, 5.41) is 0. The van der Waals surface area contributed by atoms with Gasteiger partial charge in [0.1, 0.15) is 5.92 Å². The van der Waals surface area contributed by atoms with Crippen molar-refractivity contribution in [1.29, 1.82) is 0 Å². The summed E-state index contributed by atoms with van der Waals surface area (Å²) >= 11 is 0. The predicted octanol–water partition coefficient (Wildman–Crippen LogP) is 1.87. The Hall–Kier alpha value is -1.64. The van der Waals surface area contributed by atoms with Crippen LogP contribution in [0.5, 0.6) is 0 Å². The van der Waals surface area contributed by atoms with Crippen LogP contribution in [0.4, 0.5) is 0 Å². The van der Waals surface area contributed by atoms with Gasteiger partial charge in [-0.05, 0) is 5.56 Å². The topological polar surface area (TPSA) is 60.2 Å². The molecule has 0 saturated heterocycles. The van der Waals surface area contributed by atoms with Crippen molar-refractivity contribution in [2.24, 2.45) is 11.1 Å². The van der Waals surface area contributed by atoms with Crippen LogP contribution >= 0.6 is 0 Å². The Labute approximate surface area is 95.6 Å². The van der Waals surface area contributed by atoms with Crippen LogP contribution < -0.4 is 5.73 Å². The summed E-state index contributed by atoms with van der Waals surface area (Å²) < 4.78 is 0. The van der Waals surface area contributed by atoms with E-state index in [0.717, 1.165) is 0 Å². The number of Topliss-reactive ketones (excluding diaryl/α,β-unsaturated/α-hetero) is 1. The van der Waals surface area contributed by atoms with Crippen LogP contribution in [0.3, 0.4) is 0 Å². The van der Waals surface area contributed by atoms with Gasteiger partial charge < -0.3 is 5.73 Å². The third kappa shape index (κ3) is 2.69. The van der Waals surface area contributed by atoms with Crippen LogP contribution in [0, 0.1) is 5.41 Å². The van der Waals surface area contributed by atoms with Gasteiger partial charge in [0, 0.05) is 5.41 Å². The number of carbonyl (C=O) groups is 2. The number of rotatable bonds is 3. The second kappa shape index (κ2) is 4.47. The monoisotopic (exact) mass is 219 g/mol. The quantitative estimate of drug-likeness (QED) is 0.789. The lowest BCUT2D eigenvalue weighted by molar-refractivity contribution is -0.133. The van der Waals surface area contributed by atoms with Crippen molar-refractivity contribution in [3.8, 4) is 0 Å². The first-order chi connectivity index (χ1) is 7.34. The van der Waals surface area contributed by atoms with Gasteiger partial charge in [0.05, 0.1) is 0 Å². The van der Waals surface area contributed by atoms with Crippen LogP contribution in [0.25, 0.3) is 0 Å². The highest BCUT2D eigenvalue weighted by molar-refractivity contribution is 6.08. The van der Waals surface area contributed by atoms with Gasteiger partial charge in [0.2, 0.25) is 5.91 Å². The highest BCUT2D eigenvalue weighted by atomic mass is 16.2. The first-order valence-electron chi connectivity index (χ1n) is 5.22. The molecule has 0 spiro atoms. The number of nitrogens with two attached hydrogens (primary N) is 1. The molecule has 1 aromatic rings. The molecule has 0 radical (unpaired) electrons. The molecular weight excluding hydrogens is 202 g/mol. The van der Waals surface area contributed by atoms with E-state index >= 15 is 0 Å². The molecule has 0 aliphatic rings. The summed E-state index contributed by atoms with van der Waals surface area (Å²) in [5.74, 6) is -1.58. The Morgan fingerprint density at radius 2 is 1.62 bits per heavy atom. The number of ketones is 1. The molecule has 0 bridgehead atoms. The van der Waals surface area contributed by atoms with Crippen LogP contribution in [-0.2, 0) is 9.59 Å². The number of benzene rings is 1. The van der Waals surface area contributed by atoms with E-state index in [1.165, 1.54) is 0 Å². The summed E-state index contributed by atoms with van der Waals surface area (Å²) in [7, 11) is 0. The molecule has 86 valence electrons. The molecule has 0 saturated carbocycles. The largest absolute Gasteiger partial charge is 0.369 e. The molecular formula is C13H17NO2. The zero-order valence-corrected chi connectivity index (χ0v) is 9.86. The van der Waals surface area contributed by atoms with Gasteiger partial charge in [-0.1, -0.05) is 51.1 Å². The van der Waals surface area contributed by atoms with E-state index in [2.05, 4.69) is 0 Å². The minimum Gasteiger partial charge on any atom is -0.369 e. The molecule has 1 rings (SSSR count). The smallest absolute Gasteiger partial charge is 0.232 e. The molecule has 3 nitrogen and oxygen atoms in total.